The highest BCUT2D eigenvalue weighted by atomic mass is 35.5. The van der Waals surface area contributed by atoms with Gasteiger partial charge in [0.1, 0.15) is 5.82 Å². The SMILES string of the molecule is CC1(c2onc(N)c2-c2cccc(Cl)c2F)CCCC1. The van der Waals surface area contributed by atoms with Crippen molar-refractivity contribution < 1.29 is 8.91 Å². The van der Waals surface area contributed by atoms with Crippen LogP contribution in [0, 0.1) is 5.82 Å². The molecule has 2 aromatic rings. The fourth-order valence-electron chi connectivity index (χ4n) is 3.05. The van der Waals surface area contributed by atoms with E-state index >= 15 is 0 Å². The maximum Gasteiger partial charge on any atom is 0.175 e. The van der Waals surface area contributed by atoms with Gasteiger partial charge in [-0.15, -0.1) is 0 Å². The Kier molecular flexibility index (Phi) is 3.21. The average molecular weight is 295 g/mol. The minimum Gasteiger partial charge on any atom is -0.380 e. The Morgan fingerprint density at radius 1 is 1.35 bits per heavy atom. The molecule has 1 aromatic carbocycles. The smallest absolute Gasteiger partial charge is 0.175 e. The monoisotopic (exact) mass is 294 g/mol. The number of anilines is 1. The van der Waals surface area contributed by atoms with Gasteiger partial charge < -0.3 is 10.3 Å². The van der Waals surface area contributed by atoms with Crippen LogP contribution in [-0.2, 0) is 5.41 Å². The lowest BCUT2D eigenvalue weighted by Crippen LogP contribution is -2.17. The second kappa shape index (κ2) is 4.77. The molecule has 0 aliphatic heterocycles. The fourth-order valence-corrected chi connectivity index (χ4v) is 3.23. The van der Waals surface area contributed by atoms with Gasteiger partial charge in [0.2, 0.25) is 0 Å². The zero-order valence-corrected chi connectivity index (χ0v) is 12.0. The molecule has 0 saturated heterocycles. The number of hydrogen-bond donors (Lipinski definition) is 1. The second-order valence-corrected chi connectivity index (χ2v) is 6.05. The summed E-state index contributed by atoms with van der Waals surface area (Å²) in [4.78, 5) is 0. The minimum absolute atomic E-state index is 0.0747. The number of aromatic nitrogens is 1. The first-order chi connectivity index (χ1) is 9.53. The number of nitrogens with zero attached hydrogens (tertiary/aromatic N) is 1. The lowest BCUT2D eigenvalue weighted by Gasteiger charge is -2.21. The van der Waals surface area contributed by atoms with E-state index < -0.39 is 5.82 Å². The first-order valence-electron chi connectivity index (χ1n) is 6.73. The number of benzene rings is 1. The van der Waals surface area contributed by atoms with Gasteiger partial charge >= 0.3 is 0 Å². The van der Waals surface area contributed by atoms with Gasteiger partial charge in [0.15, 0.2) is 11.6 Å². The predicted octanol–water partition coefficient (Wildman–Crippen LogP) is 4.55. The highest BCUT2D eigenvalue weighted by Crippen LogP contribution is 2.47. The number of halogens is 2. The second-order valence-electron chi connectivity index (χ2n) is 5.64. The molecule has 1 saturated carbocycles. The molecule has 0 spiro atoms. The topological polar surface area (TPSA) is 52.0 Å². The summed E-state index contributed by atoms with van der Waals surface area (Å²) in [5.41, 5.74) is 6.68. The van der Waals surface area contributed by atoms with E-state index in [2.05, 4.69) is 12.1 Å². The van der Waals surface area contributed by atoms with E-state index in [4.69, 9.17) is 21.9 Å². The van der Waals surface area contributed by atoms with Gasteiger partial charge in [0.25, 0.3) is 0 Å². The zero-order chi connectivity index (χ0) is 14.3. The van der Waals surface area contributed by atoms with Crippen LogP contribution in [0.1, 0.15) is 38.4 Å². The minimum atomic E-state index is -0.480. The summed E-state index contributed by atoms with van der Waals surface area (Å²) < 4.78 is 19.7. The van der Waals surface area contributed by atoms with E-state index in [0.29, 0.717) is 16.9 Å². The fraction of sp³-hybridized carbons (Fsp3) is 0.400. The van der Waals surface area contributed by atoms with Crippen LogP contribution in [0.15, 0.2) is 22.7 Å². The molecule has 0 radical (unpaired) electrons. The van der Waals surface area contributed by atoms with Crippen molar-refractivity contribution >= 4 is 17.4 Å². The van der Waals surface area contributed by atoms with Crippen molar-refractivity contribution in [2.45, 2.75) is 38.0 Å². The maximum absolute atomic E-state index is 14.3. The molecule has 0 unspecified atom stereocenters. The Balaban J connectivity index is 2.19. The molecule has 3 rings (SSSR count). The molecular formula is C15H16ClFN2O. The van der Waals surface area contributed by atoms with Crippen molar-refractivity contribution in [2.75, 3.05) is 5.73 Å². The van der Waals surface area contributed by atoms with Crippen molar-refractivity contribution in [3.63, 3.8) is 0 Å². The summed E-state index contributed by atoms with van der Waals surface area (Å²) in [6.07, 6.45) is 4.26. The Hall–Kier alpha value is -1.55. The Morgan fingerprint density at radius 2 is 2.05 bits per heavy atom. The van der Waals surface area contributed by atoms with E-state index in [1.807, 2.05) is 0 Å². The highest BCUT2D eigenvalue weighted by Gasteiger charge is 2.38. The van der Waals surface area contributed by atoms with Gasteiger partial charge in [-0.25, -0.2) is 4.39 Å². The summed E-state index contributed by atoms with van der Waals surface area (Å²) >= 11 is 5.86. The van der Waals surface area contributed by atoms with Crippen molar-refractivity contribution in [3.8, 4) is 11.1 Å². The van der Waals surface area contributed by atoms with Crippen molar-refractivity contribution in [1.29, 1.82) is 0 Å². The lowest BCUT2D eigenvalue weighted by atomic mass is 9.82. The molecule has 0 amide bonds. The molecule has 0 atom stereocenters. The molecule has 106 valence electrons. The quantitative estimate of drug-likeness (QED) is 0.884. The van der Waals surface area contributed by atoms with E-state index in [1.54, 1.807) is 12.1 Å². The molecule has 1 heterocycles. The van der Waals surface area contributed by atoms with Crippen LogP contribution in [0.4, 0.5) is 10.2 Å². The third-order valence-electron chi connectivity index (χ3n) is 4.19. The van der Waals surface area contributed by atoms with Gasteiger partial charge in [-0.2, -0.15) is 0 Å². The average Bonchev–Trinajstić information content (AvgIpc) is 3.01. The van der Waals surface area contributed by atoms with E-state index in [-0.39, 0.29) is 16.3 Å². The predicted molar refractivity (Wildman–Crippen MR) is 77.1 cm³/mol. The number of rotatable bonds is 2. The molecule has 20 heavy (non-hydrogen) atoms. The third-order valence-corrected chi connectivity index (χ3v) is 4.49. The van der Waals surface area contributed by atoms with Gasteiger partial charge in [-0.3, -0.25) is 0 Å². The molecule has 1 aliphatic carbocycles. The summed E-state index contributed by atoms with van der Waals surface area (Å²) in [7, 11) is 0. The zero-order valence-electron chi connectivity index (χ0n) is 11.2. The van der Waals surface area contributed by atoms with Crippen LogP contribution >= 0.6 is 11.6 Å². The maximum atomic E-state index is 14.3. The molecule has 1 aliphatic rings. The van der Waals surface area contributed by atoms with E-state index in [1.165, 1.54) is 6.07 Å². The Bertz CT molecular complexity index is 647. The van der Waals surface area contributed by atoms with E-state index in [9.17, 15) is 4.39 Å². The summed E-state index contributed by atoms with van der Waals surface area (Å²) in [5, 5.41) is 3.92. The van der Waals surface area contributed by atoms with Crippen LogP contribution in [0.2, 0.25) is 5.02 Å². The standard InChI is InChI=1S/C15H16ClFN2O/c1-15(7-2-3-8-15)13-11(14(18)19-20-13)9-5-4-6-10(16)12(9)17/h4-6H,2-3,7-8H2,1H3,(H2,18,19). The molecule has 5 heteroatoms. The van der Waals surface area contributed by atoms with Crippen LogP contribution in [0.5, 0.6) is 0 Å². The normalized spacial score (nSPS) is 17.6. The third kappa shape index (κ3) is 1.99. The van der Waals surface area contributed by atoms with Crippen molar-refractivity contribution in [1.82, 2.24) is 5.16 Å². The summed E-state index contributed by atoms with van der Waals surface area (Å²) in [6.45, 7) is 2.12. The van der Waals surface area contributed by atoms with Gasteiger partial charge in [-0.05, 0) is 18.9 Å². The summed E-state index contributed by atoms with van der Waals surface area (Å²) in [5.74, 6) is 0.412. The van der Waals surface area contributed by atoms with Gasteiger partial charge in [-0.1, -0.05) is 48.7 Å². The lowest BCUT2D eigenvalue weighted by molar-refractivity contribution is 0.307. The van der Waals surface area contributed by atoms with Crippen LogP contribution < -0.4 is 5.73 Å². The molecule has 2 N–H and O–H groups in total. The number of nitrogen functional groups attached to an aromatic ring is 1. The van der Waals surface area contributed by atoms with Gasteiger partial charge in [0, 0.05) is 11.0 Å². The molecule has 0 bridgehead atoms. The molecule has 1 aromatic heterocycles. The Labute approximate surface area is 121 Å². The number of hydrogen-bond acceptors (Lipinski definition) is 3. The molecule has 3 nitrogen and oxygen atoms in total. The summed E-state index contributed by atoms with van der Waals surface area (Å²) in [6, 6.07) is 4.88. The van der Waals surface area contributed by atoms with Crippen molar-refractivity contribution in [2.24, 2.45) is 0 Å². The van der Waals surface area contributed by atoms with E-state index in [0.717, 1.165) is 25.7 Å². The molecule has 1 fully saturated rings. The van der Waals surface area contributed by atoms with Crippen molar-refractivity contribution in [3.05, 3.63) is 34.8 Å². The Morgan fingerprint density at radius 3 is 2.75 bits per heavy atom. The number of nitrogens with two attached hydrogens (primary N) is 1. The first kappa shape index (κ1) is 13.4. The van der Waals surface area contributed by atoms with Gasteiger partial charge in [0.05, 0.1) is 10.6 Å². The van der Waals surface area contributed by atoms with Crippen LogP contribution in [-0.4, -0.2) is 5.16 Å². The van der Waals surface area contributed by atoms with Crippen LogP contribution in [0.25, 0.3) is 11.1 Å². The highest BCUT2D eigenvalue weighted by molar-refractivity contribution is 6.31. The first-order valence-corrected chi connectivity index (χ1v) is 7.11. The molecular weight excluding hydrogens is 279 g/mol. The van der Waals surface area contributed by atoms with Crippen LogP contribution in [0.3, 0.4) is 0 Å². The largest absolute Gasteiger partial charge is 0.380 e.